The fourth-order valence-corrected chi connectivity index (χ4v) is 5.38. The van der Waals surface area contributed by atoms with E-state index < -0.39 is 10.8 Å². The predicted octanol–water partition coefficient (Wildman–Crippen LogP) is 7.83. The zero-order chi connectivity index (χ0) is 23.3. The van der Waals surface area contributed by atoms with Gasteiger partial charge in [0.25, 0.3) is 11.6 Å². The van der Waals surface area contributed by atoms with Crippen molar-refractivity contribution in [2.45, 2.75) is 0 Å². The van der Waals surface area contributed by atoms with E-state index in [1.54, 1.807) is 42.5 Å². The number of hydrogen-bond donors (Lipinski definition) is 1. The highest BCUT2D eigenvalue weighted by Gasteiger charge is 2.23. The fourth-order valence-electron chi connectivity index (χ4n) is 3.36. The van der Waals surface area contributed by atoms with E-state index in [-0.39, 0.29) is 15.6 Å². The first-order valence-corrected chi connectivity index (χ1v) is 11.3. The highest BCUT2D eigenvalue weighted by Crippen LogP contribution is 2.40. The molecule has 2 heterocycles. The van der Waals surface area contributed by atoms with Gasteiger partial charge in [0, 0.05) is 27.7 Å². The van der Waals surface area contributed by atoms with Gasteiger partial charge in [0.05, 0.1) is 15.0 Å². The van der Waals surface area contributed by atoms with Gasteiger partial charge in [-0.05, 0) is 30.3 Å². The summed E-state index contributed by atoms with van der Waals surface area (Å²) in [6, 6.07) is 14.6. The molecular weight excluding hydrogens is 509 g/mol. The van der Waals surface area contributed by atoms with Crippen LogP contribution in [0.1, 0.15) is 9.67 Å². The van der Waals surface area contributed by atoms with E-state index in [1.165, 1.54) is 12.1 Å². The lowest BCUT2D eigenvalue weighted by atomic mass is 10.2. The molecule has 0 saturated heterocycles. The highest BCUT2D eigenvalue weighted by atomic mass is 35.5. The maximum atomic E-state index is 12.9. The van der Waals surface area contributed by atoms with E-state index in [9.17, 15) is 14.9 Å². The summed E-state index contributed by atoms with van der Waals surface area (Å²) in [5, 5.41) is 15.5. The zero-order valence-corrected chi connectivity index (χ0v) is 19.3. The summed E-state index contributed by atoms with van der Waals surface area (Å²) in [5.41, 5.74) is 1.89. The molecule has 0 fully saturated rings. The van der Waals surface area contributed by atoms with Crippen LogP contribution in [0.15, 0.2) is 59.0 Å². The minimum Gasteiger partial charge on any atom is -0.435 e. The van der Waals surface area contributed by atoms with Crippen molar-refractivity contribution >= 4 is 84.6 Å². The molecule has 33 heavy (non-hydrogen) atoms. The van der Waals surface area contributed by atoms with Gasteiger partial charge >= 0.3 is 0 Å². The van der Waals surface area contributed by atoms with Crippen LogP contribution < -0.4 is 5.32 Å². The first-order valence-electron chi connectivity index (χ1n) is 9.34. The highest BCUT2D eigenvalue weighted by molar-refractivity contribution is 7.22. The molecule has 2 aromatic heterocycles. The van der Waals surface area contributed by atoms with E-state index in [2.05, 4.69) is 10.3 Å². The number of aromatic nitrogens is 1. The lowest BCUT2D eigenvalue weighted by molar-refractivity contribution is -0.382. The Hall–Kier alpha value is -3.17. The first kappa shape index (κ1) is 21.7. The van der Waals surface area contributed by atoms with Crippen molar-refractivity contribution in [3.05, 3.63) is 84.7 Å². The molecule has 0 aliphatic carbocycles. The number of non-ortho nitro benzene ring substituents is 1. The molecular formula is C22H10Cl3N3O4S. The molecule has 5 rings (SSSR count). The van der Waals surface area contributed by atoms with Gasteiger partial charge in [-0.15, -0.1) is 11.3 Å². The fraction of sp³-hybridized carbons (Fsp3) is 0. The molecule has 0 bridgehead atoms. The van der Waals surface area contributed by atoms with Crippen LogP contribution in [0.4, 0.5) is 11.4 Å². The number of carbonyl (C=O) groups excluding carboxylic acids is 1. The van der Waals surface area contributed by atoms with E-state index in [1.807, 2.05) is 0 Å². The second kappa shape index (κ2) is 8.31. The molecule has 0 atom stereocenters. The number of nitro benzene ring substituents is 1. The predicted molar refractivity (Wildman–Crippen MR) is 131 cm³/mol. The smallest absolute Gasteiger partial charge is 0.287 e. The minimum absolute atomic E-state index is 0.102. The van der Waals surface area contributed by atoms with Gasteiger partial charge in [0.15, 0.2) is 5.58 Å². The third kappa shape index (κ3) is 3.91. The number of carbonyl (C=O) groups is 1. The van der Waals surface area contributed by atoms with Gasteiger partial charge in [-0.2, -0.15) is 0 Å². The summed E-state index contributed by atoms with van der Waals surface area (Å²) in [4.78, 5) is 28.3. The molecule has 11 heteroatoms. The van der Waals surface area contributed by atoms with Gasteiger partial charge in [-0.25, -0.2) is 4.98 Å². The quantitative estimate of drug-likeness (QED) is 0.193. The van der Waals surface area contributed by atoms with Gasteiger partial charge < -0.3 is 9.73 Å². The second-order valence-electron chi connectivity index (χ2n) is 6.95. The lowest BCUT2D eigenvalue weighted by Crippen LogP contribution is -2.10. The Morgan fingerprint density at radius 2 is 1.88 bits per heavy atom. The standard InChI is InChI=1S/C22H10Cl3N3O4S/c23-11-8-14(24)18-15(9-11)27-22(32-18)10-3-1-4-12(7-10)26-21(29)20-17(25)13-5-2-6-16(28(30)31)19(13)33-20/h1-9H,(H,26,29). The summed E-state index contributed by atoms with van der Waals surface area (Å²) in [6.07, 6.45) is 0. The number of anilines is 1. The van der Waals surface area contributed by atoms with Crippen molar-refractivity contribution in [2.75, 3.05) is 5.32 Å². The third-order valence-corrected chi connectivity index (χ3v) is 7.04. The molecule has 0 saturated carbocycles. The first-order chi connectivity index (χ1) is 15.8. The van der Waals surface area contributed by atoms with Crippen LogP contribution in [-0.2, 0) is 0 Å². The van der Waals surface area contributed by atoms with Crippen molar-refractivity contribution in [3.8, 4) is 11.5 Å². The van der Waals surface area contributed by atoms with Gasteiger partial charge in [-0.3, -0.25) is 14.9 Å². The Kier molecular flexibility index (Phi) is 5.46. The van der Waals surface area contributed by atoms with Crippen LogP contribution >= 0.6 is 46.1 Å². The van der Waals surface area contributed by atoms with Gasteiger partial charge in [-0.1, -0.05) is 53.0 Å². The van der Waals surface area contributed by atoms with E-state index in [0.717, 1.165) is 11.3 Å². The van der Waals surface area contributed by atoms with Crippen LogP contribution in [0.5, 0.6) is 0 Å². The molecule has 3 aromatic carbocycles. The van der Waals surface area contributed by atoms with Crippen LogP contribution in [0.2, 0.25) is 15.1 Å². The van der Waals surface area contributed by atoms with Crippen molar-refractivity contribution in [1.29, 1.82) is 0 Å². The van der Waals surface area contributed by atoms with Crippen LogP contribution in [0, 0.1) is 10.1 Å². The van der Waals surface area contributed by atoms with Crippen molar-refractivity contribution < 1.29 is 14.1 Å². The molecule has 0 aliphatic rings. The number of rotatable bonds is 4. The Balaban J connectivity index is 1.48. The average molecular weight is 519 g/mol. The van der Waals surface area contributed by atoms with Crippen molar-refractivity contribution in [1.82, 2.24) is 4.98 Å². The number of thiophene rings is 1. The molecule has 164 valence electrons. The topological polar surface area (TPSA) is 98.3 Å². The van der Waals surface area contributed by atoms with E-state index in [4.69, 9.17) is 39.2 Å². The number of oxazole rings is 1. The van der Waals surface area contributed by atoms with E-state index >= 15 is 0 Å². The molecule has 0 radical (unpaired) electrons. The molecule has 5 aromatic rings. The Morgan fingerprint density at radius 3 is 2.67 bits per heavy atom. The van der Waals surface area contributed by atoms with Crippen molar-refractivity contribution in [2.24, 2.45) is 0 Å². The summed E-state index contributed by atoms with van der Waals surface area (Å²) in [6.45, 7) is 0. The molecule has 0 aliphatic heterocycles. The molecule has 7 nitrogen and oxygen atoms in total. The zero-order valence-electron chi connectivity index (χ0n) is 16.3. The number of halogens is 3. The summed E-state index contributed by atoms with van der Waals surface area (Å²) in [5.74, 6) is -0.180. The van der Waals surface area contributed by atoms with Gasteiger partial charge in [0.1, 0.15) is 15.1 Å². The second-order valence-corrected chi connectivity index (χ2v) is 9.19. The van der Waals surface area contributed by atoms with Crippen LogP contribution in [0.3, 0.4) is 0 Å². The summed E-state index contributed by atoms with van der Waals surface area (Å²) in [7, 11) is 0. The maximum Gasteiger partial charge on any atom is 0.287 e. The summed E-state index contributed by atoms with van der Waals surface area (Å²) < 4.78 is 6.12. The Morgan fingerprint density at radius 1 is 1.09 bits per heavy atom. The van der Waals surface area contributed by atoms with E-state index in [0.29, 0.717) is 48.4 Å². The minimum atomic E-state index is -0.500. The lowest BCUT2D eigenvalue weighted by Gasteiger charge is -2.05. The number of nitrogens with one attached hydrogen (secondary N) is 1. The number of benzene rings is 3. The van der Waals surface area contributed by atoms with Gasteiger partial charge in [0.2, 0.25) is 5.89 Å². The normalized spacial score (nSPS) is 11.2. The van der Waals surface area contributed by atoms with Crippen LogP contribution in [-0.4, -0.2) is 15.8 Å². The number of nitro groups is 1. The maximum absolute atomic E-state index is 12.9. The summed E-state index contributed by atoms with van der Waals surface area (Å²) >= 11 is 19.6. The molecule has 1 amide bonds. The van der Waals surface area contributed by atoms with Crippen LogP contribution in [0.25, 0.3) is 32.6 Å². The van der Waals surface area contributed by atoms with Crippen molar-refractivity contribution in [3.63, 3.8) is 0 Å². The number of hydrogen-bond acceptors (Lipinski definition) is 6. The molecule has 1 N–H and O–H groups in total. The SMILES string of the molecule is O=C(Nc1cccc(-c2nc3cc(Cl)cc(Cl)c3o2)c1)c1sc2c([N+](=O)[O-])cccc2c1Cl. The molecule has 0 spiro atoms. The average Bonchev–Trinajstić information content (AvgIpc) is 3.35. The molecule has 0 unspecified atom stereocenters. The number of nitrogens with zero attached hydrogens (tertiary/aromatic N) is 2. The number of fused-ring (bicyclic) bond motifs is 2. The monoisotopic (exact) mass is 517 g/mol. The Bertz CT molecular complexity index is 1600. The Labute approximate surface area is 204 Å². The largest absolute Gasteiger partial charge is 0.435 e. The number of amides is 1. The third-order valence-electron chi connectivity index (χ3n) is 4.81.